The fourth-order valence-corrected chi connectivity index (χ4v) is 3.22. The third-order valence-corrected chi connectivity index (χ3v) is 5.28. The molecule has 3 aromatic rings. The minimum absolute atomic E-state index is 0.180. The Kier molecular flexibility index (Phi) is 7.70. The van der Waals surface area contributed by atoms with Crippen LogP contribution >= 0.6 is 0 Å². The van der Waals surface area contributed by atoms with Crippen LogP contribution < -0.4 is 9.47 Å². The predicted octanol–water partition coefficient (Wildman–Crippen LogP) is 6.04. The number of rotatable bonds is 9. The van der Waals surface area contributed by atoms with Crippen LogP contribution in [0.25, 0.3) is 11.3 Å². The van der Waals surface area contributed by atoms with Crippen molar-refractivity contribution in [1.29, 1.82) is 0 Å². The number of carboxylic acids is 1. The first-order valence-electron chi connectivity index (χ1n) is 10.7. The van der Waals surface area contributed by atoms with Crippen molar-refractivity contribution in [2.24, 2.45) is 0 Å². The summed E-state index contributed by atoms with van der Waals surface area (Å²) < 4.78 is 55.3. The van der Waals surface area contributed by atoms with Gasteiger partial charge >= 0.3 is 12.1 Å². The number of pyridine rings is 1. The summed E-state index contributed by atoms with van der Waals surface area (Å²) >= 11 is 0. The molecular formula is C26H26F3NO5. The number of nitrogens with zero attached hydrogens (tertiary/aromatic N) is 1. The molecule has 0 spiro atoms. The highest BCUT2D eigenvalue weighted by Crippen LogP contribution is 2.31. The zero-order chi connectivity index (χ0) is 25.8. The Morgan fingerprint density at radius 3 is 2.26 bits per heavy atom. The smallest absolute Gasteiger partial charge is 0.416 e. The quantitative estimate of drug-likeness (QED) is 0.395. The average Bonchev–Trinajstić information content (AvgIpc) is 2.79. The molecule has 1 heterocycles. The van der Waals surface area contributed by atoms with E-state index in [1.165, 1.54) is 33.1 Å². The second-order valence-corrected chi connectivity index (χ2v) is 8.44. The number of carboxylic acid groups (broad SMARTS) is 1. The number of ether oxygens (including phenoxy) is 3. The summed E-state index contributed by atoms with van der Waals surface area (Å²) in [4.78, 5) is 15.9. The van der Waals surface area contributed by atoms with Crippen molar-refractivity contribution in [3.8, 4) is 22.8 Å². The molecule has 6 nitrogen and oxygen atoms in total. The van der Waals surface area contributed by atoms with Gasteiger partial charge in [-0.2, -0.15) is 13.2 Å². The van der Waals surface area contributed by atoms with Gasteiger partial charge in [-0.15, -0.1) is 0 Å². The summed E-state index contributed by atoms with van der Waals surface area (Å²) in [5, 5.41) is 9.25. The van der Waals surface area contributed by atoms with Gasteiger partial charge in [0.25, 0.3) is 0 Å². The Morgan fingerprint density at radius 2 is 1.69 bits per heavy atom. The van der Waals surface area contributed by atoms with Gasteiger partial charge in [0, 0.05) is 18.2 Å². The van der Waals surface area contributed by atoms with Crippen LogP contribution in [0.2, 0.25) is 0 Å². The highest BCUT2D eigenvalue weighted by atomic mass is 19.4. The number of carbonyl (C=O) groups is 1. The first-order chi connectivity index (χ1) is 16.4. The van der Waals surface area contributed by atoms with E-state index in [0.717, 1.165) is 17.7 Å². The maximum atomic E-state index is 12.8. The van der Waals surface area contributed by atoms with E-state index in [2.05, 4.69) is 4.98 Å². The molecule has 186 valence electrons. The van der Waals surface area contributed by atoms with Gasteiger partial charge in [0.15, 0.2) is 5.60 Å². The molecule has 35 heavy (non-hydrogen) atoms. The number of aryl methyl sites for hydroxylation is 1. The van der Waals surface area contributed by atoms with Gasteiger partial charge < -0.3 is 19.3 Å². The van der Waals surface area contributed by atoms with E-state index < -0.39 is 23.3 Å². The van der Waals surface area contributed by atoms with E-state index in [-0.39, 0.29) is 13.2 Å². The van der Waals surface area contributed by atoms with E-state index in [4.69, 9.17) is 14.2 Å². The summed E-state index contributed by atoms with van der Waals surface area (Å²) in [5.74, 6) is -0.0827. The Hall–Kier alpha value is -3.59. The van der Waals surface area contributed by atoms with Gasteiger partial charge in [-0.3, -0.25) is 0 Å². The highest BCUT2D eigenvalue weighted by molar-refractivity contribution is 5.76. The van der Waals surface area contributed by atoms with Gasteiger partial charge in [0.05, 0.1) is 23.6 Å². The van der Waals surface area contributed by atoms with Crippen LogP contribution in [0.5, 0.6) is 11.5 Å². The molecule has 0 unspecified atom stereocenters. The van der Waals surface area contributed by atoms with Crippen molar-refractivity contribution in [1.82, 2.24) is 4.98 Å². The van der Waals surface area contributed by atoms with Crippen molar-refractivity contribution in [3.05, 3.63) is 77.0 Å². The Bertz CT molecular complexity index is 1190. The van der Waals surface area contributed by atoms with E-state index >= 15 is 0 Å². The summed E-state index contributed by atoms with van der Waals surface area (Å²) in [6.07, 6.45) is -4.40. The Balaban J connectivity index is 1.76. The molecular weight excluding hydrogens is 463 g/mol. The second kappa shape index (κ2) is 10.4. The van der Waals surface area contributed by atoms with Gasteiger partial charge in [-0.05, 0) is 62.7 Å². The fraction of sp³-hybridized carbons (Fsp3) is 0.308. The number of methoxy groups -OCH3 is 1. The van der Waals surface area contributed by atoms with Crippen LogP contribution in [-0.2, 0) is 28.9 Å². The van der Waals surface area contributed by atoms with Crippen LogP contribution in [0, 0.1) is 6.92 Å². The van der Waals surface area contributed by atoms with Crippen molar-refractivity contribution in [3.63, 3.8) is 0 Å². The number of aliphatic carboxylic acids is 1. The van der Waals surface area contributed by atoms with Crippen LogP contribution in [0.4, 0.5) is 13.2 Å². The third-order valence-electron chi connectivity index (χ3n) is 5.28. The monoisotopic (exact) mass is 489 g/mol. The second-order valence-electron chi connectivity index (χ2n) is 8.44. The normalized spacial score (nSPS) is 11.9. The van der Waals surface area contributed by atoms with Crippen LogP contribution in [-0.4, -0.2) is 28.8 Å². The molecule has 0 fully saturated rings. The summed E-state index contributed by atoms with van der Waals surface area (Å²) in [6.45, 7) is 5.11. The van der Waals surface area contributed by atoms with Crippen LogP contribution in [0.1, 0.15) is 36.2 Å². The summed E-state index contributed by atoms with van der Waals surface area (Å²) in [5.41, 5.74) is 1.05. The number of halogens is 3. The van der Waals surface area contributed by atoms with E-state index in [1.54, 1.807) is 37.3 Å². The lowest BCUT2D eigenvalue weighted by Crippen LogP contribution is -2.38. The molecule has 0 saturated heterocycles. The minimum Gasteiger partial charge on any atom is -0.489 e. The lowest BCUT2D eigenvalue weighted by molar-refractivity contribution is -0.152. The molecule has 0 bridgehead atoms. The number of hydrogen-bond acceptors (Lipinski definition) is 5. The van der Waals surface area contributed by atoms with Gasteiger partial charge in [0.2, 0.25) is 0 Å². The average molecular weight is 489 g/mol. The summed E-state index contributed by atoms with van der Waals surface area (Å²) in [6, 6.07) is 13.4. The van der Waals surface area contributed by atoms with Gasteiger partial charge in [0.1, 0.15) is 18.1 Å². The number of benzene rings is 2. The molecule has 1 aromatic heterocycles. The fourth-order valence-electron chi connectivity index (χ4n) is 3.22. The minimum atomic E-state index is -4.40. The molecule has 0 aliphatic heterocycles. The van der Waals surface area contributed by atoms with Gasteiger partial charge in [-0.25, -0.2) is 9.78 Å². The molecule has 3 rings (SSSR count). The molecule has 0 aliphatic carbocycles. The largest absolute Gasteiger partial charge is 0.489 e. The maximum absolute atomic E-state index is 12.8. The van der Waals surface area contributed by atoms with Crippen LogP contribution in [0.15, 0.2) is 54.6 Å². The Morgan fingerprint density at radius 1 is 1.00 bits per heavy atom. The molecule has 0 amide bonds. The van der Waals surface area contributed by atoms with Crippen molar-refractivity contribution < 1.29 is 37.3 Å². The lowest BCUT2D eigenvalue weighted by atomic mass is 10.1. The molecule has 0 atom stereocenters. The SMILES string of the molecule is COCc1nc(-c2ccc(C(F)(F)F)cc2)ccc1COc1ccc(OC(C)(C)C(=O)O)c(C)c1. The molecule has 2 aromatic carbocycles. The zero-order valence-electron chi connectivity index (χ0n) is 19.8. The molecule has 0 saturated carbocycles. The number of aromatic nitrogens is 1. The first kappa shape index (κ1) is 26.0. The number of alkyl halides is 3. The zero-order valence-corrected chi connectivity index (χ0v) is 19.8. The Labute approximate surface area is 201 Å². The van der Waals surface area contributed by atoms with Crippen molar-refractivity contribution >= 4 is 5.97 Å². The van der Waals surface area contributed by atoms with Crippen LogP contribution in [0.3, 0.4) is 0 Å². The number of hydrogen-bond donors (Lipinski definition) is 1. The highest BCUT2D eigenvalue weighted by Gasteiger charge is 2.30. The van der Waals surface area contributed by atoms with E-state index in [0.29, 0.717) is 34.0 Å². The lowest BCUT2D eigenvalue weighted by Gasteiger charge is -2.23. The van der Waals surface area contributed by atoms with Crippen molar-refractivity contribution in [2.45, 2.75) is 45.8 Å². The van der Waals surface area contributed by atoms with E-state index in [1.807, 2.05) is 0 Å². The third kappa shape index (κ3) is 6.51. The first-order valence-corrected chi connectivity index (χ1v) is 10.7. The molecule has 0 aliphatic rings. The van der Waals surface area contributed by atoms with Gasteiger partial charge in [-0.1, -0.05) is 18.2 Å². The molecule has 0 radical (unpaired) electrons. The predicted molar refractivity (Wildman–Crippen MR) is 123 cm³/mol. The molecule has 9 heteroatoms. The van der Waals surface area contributed by atoms with Crippen molar-refractivity contribution in [2.75, 3.05) is 7.11 Å². The molecule has 1 N–H and O–H groups in total. The topological polar surface area (TPSA) is 77.9 Å². The van der Waals surface area contributed by atoms with E-state index in [9.17, 15) is 23.1 Å². The summed E-state index contributed by atoms with van der Waals surface area (Å²) in [7, 11) is 1.53. The standard InChI is InChI=1S/C26H26F3NO5/c1-16-13-20(10-12-23(16)35-25(2,3)24(31)32)34-14-18-7-11-21(30-22(18)15-33-4)17-5-8-19(9-6-17)26(27,28)29/h5-13H,14-15H2,1-4H3,(H,31,32). The maximum Gasteiger partial charge on any atom is 0.416 e.